The first-order valence-corrected chi connectivity index (χ1v) is 6.54. The summed E-state index contributed by atoms with van der Waals surface area (Å²) in [5.74, 6) is 1.28. The maximum Gasteiger partial charge on any atom is 0.200 e. The van der Waals surface area contributed by atoms with Crippen LogP contribution in [0.15, 0.2) is 42.5 Å². The number of halogens is 1. The number of Topliss-reactive ketones (excluding diaryl/α,β-unsaturated/α-hetero) is 1. The van der Waals surface area contributed by atoms with Crippen molar-refractivity contribution in [2.45, 2.75) is 6.92 Å². The molecule has 0 amide bonds. The van der Waals surface area contributed by atoms with E-state index >= 15 is 0 Å². The zero-order chi connectivity index (χ0) is 14.5. The van der Waals surface area contributed by atoms with Crippen molar-refractivity contribution < 1.29 is 14.3 Å². The van der Waals surface area contributed by atoms with E-state index in [9.17, 15) is 4.79 Å². The fraction of sp³-hybridized carbons (Fsp3) is 0.188. The molecule has 3 nitrogen and oxygen atoms in total. The Morgan fingerprint density at radius 3 is 2.35 bits per heavy atom. The third kappa shape index (κ3) is 3.52. The molecule has 0 aliphatic heterocycles. The predicted octanol–water partition coefficient (Wildman–Crippen LogP) is 3.92. The Labute approximate surface area is 123 Å². The second kappa shape index (κ2) is 6.44. The largest absolute Gasteiger partial charge is 0.497 e. The van der Waals surface area contributed by atoms with E-state index in [2.05, 4.69) is 0 Å². The Bertz CT molecular complexity index is 606. The number of carbonyl (C=O) groups is 1. The number of rotatable bonds is 5. The normalized spacial score (nSPS) is 10.2. The van der Waals surface area contributed by atoms with Crippen LogP contribution < -0.4 is 9.47 Å². The molecule has 0 spiro atoms. The topological polar surface area (TPSA) is 35.5 Å². The third-order valence-electron chi connectivity index (χ3n) is 2.92. The summed E-state index contributed by atoms with van der Waals surface area (Å²) in [5.41, 5.74) is 1.51. The summed E-state index contributed by atoms with van der Waals surface area (Å²) < 4.78 is 10.6. The van der Waals surface area contributed by atoms with E-state index in [0.29, 0.717) is 16.3 Å². The summed E-state index contributed by atoms with van der Waals surface area (Å²) in [6, 6.07) is 12.3. The van der Waals surface area contributed by atoms with Gasteiger partial charge >= 0.3 is 0 Å². The molecule has 0 N–H and O–H groups in total. The Morgan fingerprint density at radius 1 is 1.10 bits per heavy atom. The molecular formula is C16H15ClO3. The lowest BCUT2D eigenvalue weighted by molar-refractivity contribution is 0.0921. The van der Waals surface area contributed by atoms with Crippen LogP contribution in [0.2, 0.25) is 5.02 Å². The van der Waals surface area contributed by atoms with Gasteiger partial charge in [0.2, 0.25) is 0 Å². The molecule has 0 aromatic heterocycles. The van der Waals surface area contributed by atoms with Crippen LogP contribution in [0, 0.1) is 6.92 Å². The van der Waals surface area contributed by atoms with E-state index in [1.807, 2.05) is 13.0 Å². The Balaban J connectivity index is 2.03. The van der Waals surface area contributed by atoms with Crippen molar-refractivity contribution in [2.24, 2.45) is 0 Å². The van der Waals surface area contributed by atoms with E-state index in [-0.39, 0.29) is 12.4 Å². The number of hydrogen-bond acceptors (Lipinski definition) is 3. The van der Waals surface area contributed by atoms with Gasteiger partial charge in [-0.1, -0.05) is 11.6 Å². The average Bonchev–Trinajstić information content (AvgIpc) is 2.46. The maximum absolute atomic E-state index is 12.1. The van der Waals surface area contributed by atoms with E-state index in [4.69, 9.17) is 21.1 Å². The Kier molecular flexibility index (Phi) is 4.64. The van der Waals surface area contributed by atoms with Gasteiger partial charge in [0.15, 0.2) is 12.4 Å². The summed E-state index contributed by atoms with van der Waals surface area (Å²) >= 11 is 5.79. The van der Waals surface area contributed by atoms with E-state index in [1.165, 1.54) is 0 Å². The van der Waals surface area contributed by atoms with Gasteiger partial charge in [-0.25, -0.2) is 0 Å². The molecule has 104 valence electrons. The third-order valence-corrected chi connectivity index (χ3v) is 3.17. The molecule has 0 aliphatic rings. The van der Waals surface area contributed by atoms with E-state index < -0.39 is 0 Å². The molecule has 0 unspecified atom stereocenters. The molecule has 0 fully saturated rings. The number of benzene rings is 2. The Morgan fingerprint density at radius 2 is 1.75 bits per heavy atom. The molecule has 0 atom stereocenters. The summed E-state index contributed by atoms with van der Waals surface area (Å²) in [5, 5.41) is 0.634. The molecule has 2 aromatic rings. The lowest BCUT2D eigenvalue weighted by Gasteiger charge is -2.09. The van der Waals surface area contributed by atoms with Crippen LogP contribution in [0.1, 0.15) is 15.9 Å². The number of hydrogen-bond donors (Lipinski definition) is 0. The second-order valence-corrected chi connectivity index (χ2v) is 4.78. The fourth-order valence-electron chi connectivity index (χ4n) is 1.83. The van der Waals surface area contributed by atoms with Gasteiger partial charge in [0.1, 0.15) is 11.5 Å². The molecule has 0 radical (unpaired) electrons. The molecule has 0 aliphatic carbocycles. The van der Waals surface area contributed by atoms with Gasteiger partial charge in [-0.15, -0.1) is 0 Å². The van der Waals surface area contributed by atoms with Gasteiger partial charge in [0.25, 0.3) is 0 Å². The first kappa shape index (κ1) is 14.4. The lowest BCUT2D eigenvalue weighted by Crippen LogP contribution is -2.12. The average molecular weight is 291 g/mol. The zero-order valence-electron chi connectivity index (χ0n) is 11.4. The monoisotopic (exact) mass is 290 g/mol. The van der Waals surface area contributed by atoms with Gasteiger partial charge < -0.3 is 9.47 Å². The van der Waals surface area contributed by atoms with E-state index in [0.717, 1.165) is 11.3 Å². The van der Waals surface area contributed by atoms with Crippen molar-refractivity contribution in [1.29, 1.82) is 0 Å². The number of carbonyl (C=O) groups excluding carboxylic acids is 1. The number of methoxy groups -OCH3 is 1. The molecule has 2 aromatic carbocycles. The molecule has 0 bridgehead atoms. The van der Waals surface area contributed by atoms with Crippen LogP contribution in [0.4, 0.5) is 0 Å². The molecule has 0 heterocycles. The van der Waals surface area contributed by atoms with E-state index in [1.54, 1.807) is 43.5 Å². The van der Waals surface area contributed by atoms with Gasteiger partial charge in [0.05, 0.1) is 7.11 Å². The molecule has 0 saturated heterocycles. The number of aryl methyl sites for hydroxylation is 1. The molecule has 20 heavy (non-hydrogen) atoms. The van der Waals surface area contributed by atoms with Crippen LogP contribution in [0.5, 0.6) is 11.5 Å². The second-order valence-electron chi connectivity index (χ2n) is 4.35. The van der Waals surface area contributed by atoms with Crippen LogP contribution >= 0.6 is 11.6 Å². The van der Waals surface area contributed by atoms with Crippen LogP contribution in [0.3, 0.4) is 0 Å². The molecule has 4 heteroatoms. The fourth-order valence-corrected chi connectivity index (χ4v) is 1.96. The van der Waals surface area contributed by atoms with Gasteiger partial charge in [-0.3, -0.25) is 4.79 Å². The summed E-state index contributed by atoms with van der Waals surface area (Å²) in [7, 11) is 1.60. The lowest BCUT2D eigenvalue weighted by atomic mass is 10.0. The van der Waals surface area contributed by atoms with Crippen LogP contribution in [-0.4, -0.2) is 19.5 Å². The highest BCUT2D eigenvalue weighted by Gasteiger charge is 2.10. The molecule has 2 rings (SSSR count). The van der Waals surface area contributed by atoms with Gasteiger partial charge in [-0.05, 0) is 55.0 Å². The van der Waals surface area contributed by atoms with Crippen molar-refractivity contribution in [2.75, 3.05) is 13.7 Å². The highest BCUT2D eigenvalue weighted by molar-refractivity contribution is 6.30. The van der Waals surface area contributed by atoms with Gasteiger partial charge in [0, 0.05) is 10.6 Å². The smallest absolute Gasteiger partial charge is 0.200 e. The molecular weight excluding hydrogens is 276 g/mol. The van der Waals surface area contributed by atoms with Crippen molar-refractivity contribution >= 4 is 17.4 Å². The van der Waals surface area contributed by atoms with Crippen molar-refractivity contribution in [3.63, 3.8) is 0 Å². The molecule has 0 saturated carbocycles. The predicted molar refractivity (Wildman–Crippen MR) is 79.0 cm³/mol. The number of ether oxygens (including phenoxy) is 2. The highest BCUT2D eigenvalue weighted by Crippen LogP contribution is 2.19. The van der Waals surface area contributed by atoms with Crippen LogP contribution in [0.25, 0.3) is 0 Å². The summed E-state index contributed by atoms with van der Waals surface area (Å²) in [4.78, 5) is 12.1. The summed E-state index contributed by atoms with van der Waals surface area (Å²) in [6.45, 7) is 1.87. The standard InChI is InChI=1S/C16H15ClO3/c1-11-9-14(19-2)7-8-15(11)16(18)10-20-13-5-3-12(17)4-6-13/h3-9H,10H2,1-2H3. The quantitative estimate of drug-likeness (QED) is 0.783. The first-order valence-electron chi connectivity index (χ1n) is 6.16. The zero-order valence-corrected chi connectivity index (χ0v) is 12.1. The van der Waals surface area contributed by atoms with Gasteiger partial charge in [-0.2, -0.15) is 0 Å². The minimum absolute atomic E-state index is 0.00516. The number of ketones is 1. The summed E-state index contributed by atoms with van der Waals surface area (Å²) in [6.07, 6.45) is 0. The minimum atomic E-state index is -0.0693. The maximum atomic E-state index is 12.1. The SMILES string of the molecule is COc1ccc(C(=O)COc2ccc(Cl)cc2)c(C)c1. The first-order chi connectivity index (χ1) is 9.60. The van der Waals surface area contributed by atoms with Crippen molar-refractivity contribution in [1.82, 2.24) is 0 Å². The van der Waals surface area contributed by atoms with Crippen LogP contribution in [-0.2, 0) is 0 Å². The van der Waals surface area contributed by atoms with Crippen molar-refractivity contribution in [3.8, 4) is 11.5 Å². The van der Waals surface area contributed by atoms with Crippen molar-refractivity contribution in [3.05, 3.63) is 58.6 Å². The Hall–Kier alpha value is -2.00. The minimum Gasteiger partial charge on any atom is -0.497 e. The highest BCUT2D eigenvalue weighted by atomic mass is 35.5.